The highest BCUT2D eigenvalue weighted by molar-refractivity contribution is 9.11. The number of benzene rings is 2. The molecule has 0 unspecified atom stereocenters. The topological polar surface area (TPSA) is 35.5 Å². The van der Waals surface area contributed by atoms with Crippen LogP contribution in [0.1, 0.15) is 75.3 Å². The van der Waals surface area contributed by atoms with Crippen LogP contribution in [0.2, 0.25) is 0 Å². The Morgan fingerprint density at radius 2 is 1.16 bits per heavy atom. The lowest BCUT2D eigenvalue weighted by Gasteiger charge is -2.22. The summed E-state index contributed by atoms with van der Waals surface area (Å²) in [5, 5.41) is 1.35. The van der Waals surface area contributed by atoms with E-state index in [0.717, 1.165) is 22.6 Å². The second-order valence-corrected chi connectivity index (χ2v) is 15.8. The number of thioether (sulfide) groups is 2. The maximum atomic E-state index is 14.0. The molecule has 2 saturated carbocycles. The molecule has 0 amide bonds. The van der Waals surface area contributed by atoms with Crippen molar-refractivity contribution < 1.29 is 22.4 Å². The van der Waals surface area contributed by atoms with Gasteiger partial charge in [-0.15, -0.1) is 0 Å². The molecule has 2 fully saturated rings. The summed E-state index contributed by atoms with van der Waals surface area (Å²) in [5.74, 6) is 1.83. The van der Waals surface area contributed by atoms with Gasteiger partial charge in [-0.3, -0.25) is 0 Å². The predicted molar refractivity (Wildman–Crippen MR) is 159 cm³/mol. The van der Waals surface area contributed by atoms with Crippen molar-refractivity contribution in [2.45, 2.75) is 92.4 Å². The highest BCUT2D eigenvalue weighted by atomic mass is 79.9. The molecule has 0 atom stereocenters. The van der Waals surface area contributed by atoms with Gasteiger partial charge in [0.2, 0.25) is 0 Å². The Morgan fingerprint density at radius 3 is 1.51 bits per heavy atom. The zero-order valence-corrected chi connectivity index (χ0v) is 26.4. The Morgan fingerprint density at radius 1 is 0.757 bits per heavy atom. The summed E-state index contributed by atoms with van der Waals surface area (Å²) in [4.78, 5) is 0. The average Bonchev–Trinajstić information content (AvgIpc) is 2.90. The molecule has 37 heavy (non-hydrogen) atoms. The Hall–Kier alpha value is -0.210. The minimum absolute atomic E-state index is 0.0756. The molecule has 3 nitrogen and oxygen atoms in total. The Labute approximate surface area is 244 Å². The van der Waals surface area contributed by atoms with E-state index in [1.165, 1.54) is 64.2 Å². The average molecular weight is 698 g/mol. The van der Waals surface area contributed by atoms with Gasteiger partial charge in [-0.1, -0.05) is 50.7 Å². The zero-order valence-electron chi connectivity index (χ0n) is 20.7. The summed E-state index contributed by atoms with van der Waals surface area (Å²) in [6, 6.07) is 10.5. The SMILES string of the molecule is O=P(Oc1ccc(CSC2CCCCC2)cc1Br)(Oc1ccc(CSC2CCCCC2)cc1Br)C(F)F. The Bertz CT molecular complexity index is 1000. The standard InChI is InChI=1S/C27H33Br2F2O3PS2/c28-23-15-19(17-36-21-7-3-1-4-8-21)11-13-25(23)33-35(32,27(30)31)34-26-14-12-20(16-24(26)29)18-37-22-9-5-2-6-10-22/h11-16,21-22,27H,1-10,17-18H2. The maximum absolute atomic E-state index is 14.0. The summed E-state index contributed by atoms with van der Waals surface area (Å²) in [5.41, 5.74) is 2.12. The van der Waals surface area contributed by atoms with E-state index in [1.807, 2.05) is 47.8 Å². The fourth-order valence-electron chi connectivity index (χ4n) is 4.68. The predicted octanol–water partition coefficient (Wildman–Crippen LogP) is 11.2. The molecule has 2 aromatic carbocycles. The van der Waals surface area contributed by atoms with Crippen LogP contribution < -0.4 is 9.05 Å². The summed E-state index contributed by atoms with van der Waals surface area (Å²) >= 11 is 10.7. The molecular formula is C27H33Br2F2O3PS2. The van der Waals surface area contributed by atoms with E-state index >= 15 is 0 Å². The van der Waals surface area contributed by atoms with Gasteiger partial charge in [0.05, 0.1) is 8.95 Å². The third-order valence-corrected chi connectivity index (χ3v) is 12.3. The van der Waals surface area contributed by atoms with Crippen molar-refractivity contribution in [2.75, 3.05) is 0 Å². The summed E-state index contributed by atoms with van der Waals surface area (Å²) in [6.45, 7) is 0. The van der Waals surface area contributed by atoms with E-state index in [-0.39, 0.29) is 11.5 Å². The third kappa shape index (κ3) is 8.89. The highest BCUT2D eigenvalue weighted by Crippen LogP contribution is 2.56. The van der Waals surface area contributed by atoms with Crippen LogP contribution in [0, 0.1) is 0 Å². The van der Waals surface area contributed by atoms with Gasteiger partial charge in [0.1, 0.15) is 11.5 Å². The van der Waals surface area contributed by atoms with Gasteiger partial charge >= 0.3 is 13.8 Å². The summed E-state index contributed by atoms with van der Waals surface area (Å²) < 4.78 is 52.8. The first-order chi connectivity index (χ1) is 17.8. The number of hydrogen-bond donors (Lipinski definition) is 0. The van der Waals surface area contributed by atoms with Crippen LogP contribution in [0.25, 0.3) is 0 Å². The van der Waals surface area contributed by atoms with Crippen LogP contribution in [0.5, 0.6) is 11.5 Å². The highest BCUT2D eigenvalue weighted by Gasteiger charge is 2.41. The van der Waals surface area contributed by atoms with Gasteiger partial charge in [-0.05, 0) is 92.9 Å². The maximum Gasteiger partial charge on any atom is 0.497 e. The molecule has 2 aliphatic carbocycles. The van der Waals surface area contributed by atoms with Gasteiger partial charge in [-0.25, -0.2) is 4.57 Å². The number of alkyl halides is 2. The fraction of sp³-hybridized carbons (Fsp3) is 0.556. The first-order valence-electron chi connectivity index (χ1n) is 12.9. The lowest BCUT2D eigenvalue weighted by molar-refractivity contribution is 0.191. The van der Waals surface area contributed by atoms with Crippen molar-refractivity contribution in [3.8, 4) is 11.5 Å². The van der Waals surface area contributed by atoms with Crippen molar-refractivity contribution in [2.24, 2.45) is 0 Å². The lowest BCUT2D eigenvalue weighted by atomic mass is 10.0. The second kappa shape index (κ2) is 14.4. The molecule has 10 heteroatoms. The number of halogens is 4. The smallest absolute Gasteiger partial charge is 0.411 e. The van der Waals surface area contributed by atoms with Crippen LogP contribution >= 0.6 is 63.0 Å². The first-order valence-corrected chi connectivity index (χ1v) is 18.2. The molecule has 4 rings (SSSR count). The molecule has 2 aliphatic rings. The van der Waals surface area contributed by atoms with Crippen molar-refractivity contribution in [3.05, 3.63) is 56.5 Å². The molecular weight excluding hydrogens is 665 g/mol. The van der Waals surface area contributed by atoms with Crippen molar-refractivity contribution >= 4 is 63.0 Å². The second-order valence-electron chi connectivity index (χ2n) is 9.67. The van der Waals surface area contributed by atoms with Gasteiger partial charge in [0.25, 0.3) is 0 Å². The number of hydrogen-bond acceptors (Lipinski definition) is 5. The van der Waals surface area contributed by atoms with Crippen LogP contribution in [-0.4, -0.2) is 16.7 Å². The molecule has 0 bridgehead atoms. The molecule has 204 valence electrons. The van der Waals surface area contributed by atoms with E-state index in [1.54, 1.807) is 12.1 Å². The minimum atomic E-state index is -4.80. The van der Waals surface area contributed by atoms with E-state index in [9.17, 15) is 13.3 Å². The quantitative estimate of drug-likeness (QED) is 0.218. The van der Waals surface area contributed by atoms with Gasteiger partial charge in [-0.2, -0.15) is 32.3 Å². The van der Waals surface area contributed by atoms with Gasteiger partial charge in [0.15, 0.2) is 0 Å². The van der Waals surface area contributed by atoms with E-state index in [0.29, 0.717) is 19.4 Å². The monoisotopic (exact) mass is 696 g/mol. The van der Waals surface area contributed by atoms with Crippen LogP contribution in [0.4, 0.5) is 8.78 Å². The summed E-state index contributed by atoms with van der Waals surface area (Å²) in [6.07, 6.45) is 9.48. The third-order valence-electron chi connectivity index (χ3n) is 6.76. The van der Waals surface area contributed by atoms with E-state index in [4.69, 9.17) is 9.05 Å². The Balaban J connectivity index is 1.38. The van der Waals surface area contributed by atoms with E-state index in [2.05, 4.69) is 31.9 Å². The van der Waals surface area contributed by atoms with Crippen molar-refractivity contribution in [1.29, 1.82) is 0 Å². The molecule has 0 spiro atoms. The summed E-state index contributed by atoms with van der Waals surface area (Å²) in [7, 11) is -4.80. The minimum Gasteiger partial charge on any atom is -0.411 e. The zero-order chi connectivity index (χ0) is 26.3. The normalized spacial score (nSPS) is 17.8. The lowest BCUT2D eigenvalue weighted by Crippen LogP contribution is -2.10. The molecule has 0 heterocycles. The molecule has 0 N–H and O–H groups in total. The van der Waals surface area contributed by atoms with Crippen LogP contribution in [0.15, 0.2) is 45.3 Å². The largest absolute Gasteiger partial charge is 0.497 e. The van der Waals surface area contributed by atoms with Crippen LogP contribution in [0.3, 0.4) is 0 Å². The number of rotatable bonds is 11. The molecule has 0 saturated heterocycles. The van der Waals surface area contributed by atoms with Gasteiger partial charge in [0, 0.05) is 22.0 Å². The fourth-order valence-corrected chi connectivity index (χ4v) is 9.56. The molecule has 0 aromatic heterocycles. The van der Waals surface area contributed by atoms with Crippen molar-refractivity contribution in [3.63, 3.8) is 0 Å². The first kappa shape index (κ1) is 29.8. The van der Waals surface area contributed by atoms with Crippen molar-refractivity contribution in [1.82, 2.24) is 0 Å². The molecule has 2 aromatic rings. The Kier molecular flexibility index (Phi) is 11.6. The molecule has 0 aliphatic heterocycles. The van der Waals surface area contributed by atoms with E-state index < -0.39 is 13.8 Å². The molecule has 0 radical (unpaired) electrons. The van der Waals surface area contributed by atoms with Crippen LogP contribution in [-0.2, 0) is 16.1 Å². The van der Waals surface area contributed by atoms with Gasteiger partial charge < -0.3 is 9.05 Å².